The van der Waals surface area contributed by atoms with Crippen LogP contribution in [0.5, 0.6) is 0 Å². The zero-order valence-electron chi connectivity index (χ0n) is 8.03. The highest BCUT2D eigenvalue weighted by molar-refractivity contribution is 8.23. The lowest BCUT2D eigenvalue weighted by molar-refractivity contribution is 0.446. The molecule has 0 bridgehead atoms. The smallest absolute Gasteiger partial charge is 0.181 e. The van der Waals surface area contributed by atoms with Gasteiger partial charge in [0.25, 0.3) is 0 Å². The predicted molar refractivity (Wildman–Crippen MR) is 66.2 cm³/mol. The largest absolute Gasteiger partial charge is 0.446 e. The van der Waals surface area contributed by atoms with Gasteiger partial charge < -0.3 is 15.6 Å². The lowest BCUT2D eigenvalue weighted by Gasteiger charge is -2.16. The van der Waals surface area contributed by atoms with Gasteiger partial charge in [-0.05, 0) is 12.2 Å². The Bertz CT molecular complexity index is 392. The van der Waals surface area contributed by atoms with E-state index in [4.69, 9.17) is 22.5 Å². The highest BCUT2D eigenvalue weighted by Crippen LogP contribution is 2.29. The molecule has 2 rings (SSSR count). The third-order valence-corrected chi connectivity index (χ3v) is 3.45. The van der Waals surface area contributed by atoms with Crippen molar-refractivity contribution in [1.82, 2.24) is 5.32 Å². The van der Waals surface area contributed by atoms with Gasteiger partial charge in [-0.1, -0.05) is 30.1 Å². The van der Waals surface area contributed by atoms with Crippen LogP contribution in [0.4, 0.5) is 0 Å². The van der Waals surface area contributed by atoms with Crippen molar-refractivity contribution < 1.29 is 4.74 Å². The van der Waals surface area contributed by atoms with E-state index in [1.165, 1.54) is 0 Å². The number of thiocarbonyl (C=S) groups is 1. The summed E-state index contributed by atoms with van der Waals surface area (Å²) in [5.41, 5.74) is 9.46. The van der Waals surface area contributed by atoms with E-state index in [1.807, 2.05) is 18.2 Å². The molecule has 84 valence electrons. The number of thioether (sulfide) groups is 1. The molecule has 1 aliphatic carbocycles. The van der Waals surface area contributed by atoms with Gasteiger partial charge in [0.2, 0.25) is 0 Å². The van der Waals surface area contributed by atoms with Crippen LogP contribution in [-0.4, -0.2) is 22.0 Å². The molecule has 0 aromatic rings. The molecule has 1 aliphatic heterocycles. The lowest BCUT2D eigenvalue weighted by atomic mass is 10.1. The SMILES string of the molecule is N=N[N-]/N=C/OC1=CC2SC(=S)NC2C=C1. The van der Waals surface area contributed by atoms with Crippen LogP contribution in [0, 0.1) is 5.53 Å². The van der Waals surface area contributed by atoms with Gasteiger partial charge in [0, 0.05) is 0 Å². The van der Waals surface area contributed by atoms with Gasteiger partial charge in [-0.2, -0.15) is 0 Å². The first-order chi connectivity index (χ1) is 7.79. The summed E-state index contributed by atoms with van der Waals surface area (Å²) < 4.78 is 5.99. The van der Waals surface area contributed by atoms with E-state index in [9.17, 15) is 0 Å². The molecule has 1 saturated heterocycles. The molecule has 0 saturated carbocycles. The van der Waals surface area contributed by atoms with E-state index in [-0.39, 0.29) is 11.3 Å². The van der Waals surface area contributed by atoms with Gasteiger partial charge in [0.1, 0.15) is 10.1 Å². The van der Waals surface area contributed by atoms with Crippen LogP contribution >= 0.6 is 24.0 Å². The minimum atomic E-state index is 0.245. The van der Waals surface area contributed by atoms with E-state index in [0.717, 1.165) is 10.7 Å². The first-order valence-electron chi connectivity index (χ1n) is 4.41. The molecule has 1 heterocycles. The maximum atomic E-state index is 6.38. The van der Waals surface area contributed by atoms with Gasteiger partial charge >= 0.3 is 0 Å². The number of hydrogen-bond donors (Lipinski definition) is 2. The van der Waals surface area contributed by atoms with Crippen LogP contribution in [0.15, 0.2) is 34.3 Å². The van der Waals surface area contributed by atoms with Crippen LogP contribution in [0.1, 0.15) is 0 Å². The lowest BCUT2D eigenvalue weighted by Crippen LogP contribution is -2.29. The number of fused-ring (bicyclic) bond motifs is 1. The maximum Gasteiger partial charge on any atom is 0.181 e. The summed E-state index contributed by atoms with van der Waals surface area (Å²) in [5.74, 6) is 0.684. The number of nitrogens with zero attached hydrogens (tertiary/aromatic N) is 3. The molecule has 2 N–H and O–H groups in total. The van der Waals surface area contributed by atoms with Gasteiger partial charge in [0.15, 0.2) is 6.40 Å². The van der Waals surface area contributed by atoms with Crippen molar-refractivity contribution in [3.05, 3.63) is 29.5 Å². The first kappa shape index (κ1) is 11.1. The summed E-state index contributed by atoms with van der Waals surface area (Å²) in [6.07, 6.45) is 6.93. The minimum Gasteiger partial charge on any atom is -0.446 e. The molecule has 6 nitrogen and oxygen atoms in total. The fourth-order valence-corrected chi connectivity index (χ4v) is 2.80. The fraction of sp³-hybridized carbons (Fsp3) is 0.250. The first-order valence-corrected chi connectivity index (χ1v) is 5.70. The summed E-state index contributed by atoms with van der Waals surface area (Å²) in [6, 6.07) is 0.245. The molecular formula is C8H8N5OS2-. The van der Waals surface area contributed by atoms with E-state index < -0.39 is 0 Å². The number of hydrogen-bond acceptors (Lipinski definition) is 6. The van der Waals surface area contributed by atoms with Gasteiger partial charge in [-0.15, -0.1) is 0 Å². The summed E-state index contributed by atoms with van der Waals surface area (Å²) in [5, 5.41) is 9.53. The summed E-state index contributed by atoms with van der Waals surface area (Å²) >= 11 is 6.66. The Morgan fingerprint density at radius 1 is 1.69 bits per heavy atom. The zero-order chi connectivity index (χ0) is 11.4. The molecular weight excluding hydrogens is 246 g/mol. The molecule has 0 aromatic heterocycles. The number of allylic oxidation sites excluding steroid dienone is 1. The van der Waals surface area contributed by atoms with Crippen LogP contribution < -0.4 is 5.32 Å². The van der Waals surface area contributed by atoms with Crippen LogP contribution in [0.2, 0.25) is 0 Å². The maximum absolute atomic E-state index is 6.38. The monoisotopic (exact) mass is 254 g/mol. The van der Waals surface area contributed by atoms with Crippen LogP contribution in [0.25, 0.3) is 5.53 Å². The van der Waals surface area contributed by atoms with E-state index in [1.54, 1.807) is 11.8 Å². The van der Waals surface area contributed by atoms with E-state index >= 15 is 0 Å². The standard InChI is InChI=1S/C8H9N5OS2/c9-12-13-10-4-14-5-1-2-6-7(3-5)16-8(15)11-6/h1-4,6-7H,(H3,9,11,13,15)/p-1/b10-4+. The molecule has 0 aromatic carbocycles. The quantitative estimate of drug-likeness (QED) is 0.264. The average Bonchev–Trinajstić information content (AvgIpc) is 2.64. The van der Waals surface area contributed by atoms with Gasteiger partial charge in [-0.25, -0.2) is 5.10 Å². The second-order valence-electron chi connectivity index (χ2n) is 3.00. The Kier molecular flexibility index (Phi) is 3.52. The van der Waals surface area contributed by atoms with Crippen molar-refractivity contribution in [3.8, 4) is 0 Å². The molecule has 2 atom stereocenters. The average molecular weight is 254 g/mol. The molecule has 0 radical (unpaired) electrons. The molecule has 0 amide bonds. The summed E-state index contributed by atoms with van der Waals surface area (Å²) in [7, 11) is 0. The molecule has 16 heavy (non-hydrogen) atoms. The second kappa shape index (κ2) is 5.08. The Morgan fingerprint density at radius 3 is 3.38 bits per heavy atom. The third kappa shape index (κ3) is 2.58. The molecule has 8 heteroatoms. The Balaban J connectivity index is 1.92. The zero-order valence-corrected chi connectivity index (χ0v) is 9.66. The number of nitrogens with one attached hydrogen (secondary N) is 2. The minimum absolute atomic E-state index is 0.245. The normalized spacial score (nSPS) is 27.2. The summed E-state index contributed by atoms with van der Waals surface area (Å²) in [4.78, 5) is 0. The van der Waals surface area contributed by atoms with Crippen LogP contribution in [-0.2, 0) is 4.74 Å². The Labute approximate surface area is 102 Å². The molecule has 1 fully saturated rings. The predicted octanol–water partition coefficient (Wildman–Crippen LogP) is 2.08. The number of rotatable bonds is 4. The van der Waals surface area contributed by atoms with E-state index in [2.05, 4.69) is 21.2 Å². The van der Waals surface area contributed by atoms with Crippen molar-refractivity contribution in [2.75, 3.05) is 0 Å². The second-order valence-corrected chi connectivity index (χ2v) is 4.85. The van der Waals surface area contributed by atoms with Gasteiger partial charge in [-0.3, -0.25) is 10.8 Å². The van der Waals surface area contributed by atoms with Crippen molar-refractivity contribution >= 4 is 34.7 Å². The fourth-order valence-electron chi connectivity index (χ4n) is 1.37. The van der Waals surface area contributed by atoms with E-state index in [0.29, 0.717) is 5.76 Å². The van der Waals surface area contributed by atoms with Crippen molar-refractivity contribution in [2.45, 2.75) is 11.3 Å². The molecule has 0 spiro atoms. The number of ether oxygens (including phenoxy) is 1. The van der Waals surface area contributed by atoms with Gasteiger partial charge in [0.05, 0.1) is 11.3 Å². The van der Waals surface area contributed by atoms with Crippen molar-refractivity contribution in [1.29, 1.82) is 5.53 Å². The molecule has 2 unspecified atom stereocenters. The third-order valence-electron chi connectivity index (χ3n) is 2.01. The topological polar surface area (TPSA) is 83.9 Å². The molecule has 2 aliphatic rings. The van der Waals surface area contributed by atoms with Crippen molar-refractivity contribution in [2.24, 2.45) is 10.3 Å². The van der Waals surface area contributed by atoms with Crippen molar-refractivity contribution in [3.63, 3.8) is 0 Å². The highest BCUT2D eigenvalue weighted by atomic mass is 32.2. The Morgan fingerprint density at radius 2 is 2.56 bits per heavy atom. The Hall–Kier alpha value is -1.41. The summed E-state index contributed by atoms with van der Waals surface area (Å²) in [6.45, 7) is 0. The highest BCUT2D eigenvalue weighted by Gasteiger charge is 2.30. The van der Waals surface area contributed by atoms with Crippen LogP contribution in [0.3, 0.4) is 0 Å².